The highest BCUT2D eigenvalue weighted by Crippen LogP contribution is 2.23. The second-order valence-corrected chi connectivity index (χ2v) is 5.50. The van der Waals surface area contributed by atoms with E-state index in [4.69, 9.17) is 9.26 Å². The zero-order valence-electron chi connectivity index (χ0n) is 11.8. The molecule has 108 valence electrons. The predicted molar refractivity (Wildman–Crippen MR) is 81.7 cm³/mol. The van der Waals surface area contributed by atoms with Gasteiger partial charge in [-0.2, -0.15) is 0 Å². The molecule has 20 heavy (non-hydrogen) atoms. The van der Waals surface area contributed by atoms with E-state index in [1.54, 1.807) is 0 Å². The summed E-state index contributed by atoms with van der Waals surface area (Å²) in [6.45, 7) is 6.28. The maximum absolute atomic E-state index is 5.74. The monoisotopic (exact) mass is 338 g/mol. The Balaban J connectivity index is 1.95. The van der Waals surface area contributed by atoms with E-state index in [0.717, 1.165) is 41.2 Å². The van der Waals surface area contributed by atoms with Gasteiger partial charge in [0.2, 0.25) is 0 Å². The first-order valence-electron chi connectivity index (χ1n) is 6.73. The Morgan fingerprint density at radius 3 is 2.90 bits per heavy atom. The number of nitrogens with one attached hydrogen (secondary N) is 1. The van der Waals surface area contributed by atoms with Crippen molar-refractivity contribution in [2.45, 2.75) is 33.4 Å². The first kappa shape index (κ1) is 15.1. The van der Waals surface area contributed by atoms with Crippen LogP contribution in [0.2, 0.25) is 0 Å². The Kier molecular flexibility index (Phi) is 5.61. The van der Waals surface area contributed by atoms with E-state index in [2.05, 4.69) is 33.3 Å². The van der Waals surface area contributed by atoms with Crippen molar-refractivity contribution in [1.29, 1.82) is 0 Å². The van der Waals surface area contributed by atoms with Crippen LogP contribution in [0.15, 0.2) is 33.3 Å². The number of aryl methyl sites for hydroxylation is 1. The summed E-state index contributed by atoms with van der Waals surface area (Å²) in [5.74, 6) is 1.63. The van der Waals surface area contributed by atoms with Gasteiger partial charge in [0.1, 0.15) is 23.8 Å². The van der Waals surface area contributed by atoms with E-state index in [9.17, 15) is 0 Å². The van der Waals surface area contributed by atoms with Gasteiger partial charge < -0.3 is 14.6 Å². The molecule has 0 amide bonds. The van der Waals surface area contributed by atoms with Crippen molar-refractivity contribution >= 4 is 15.9 Å². The lowest BCUT2D eigenvalue weighted by Gasteiger charge is -2.09. The van der Waals surface area contributed by atoms with Crippen molar-refractivity contribution in [3.05, 3.63) is 45.8 Å². The predicted octanol–water partition coefficient (Wildman–Crippen LogP) is 3.82. The first-order valence-corrected chi connectivity index (χ1v) is 7.52. The van der Waals surface area contributed by atoms with Gasteiger partial charge in [-0.25, -0.2) is 0 Å². The third-order valence-electron chi connectivity index (χ3n) is 2.82. The molecular formula is C15H19BrN2O2. The molecule has 0 saturated heterocycles. The fourth-order valence-electron chi connectivity index (χ4n) is 1.82. The fourth-order valence-corrected chi connectivity index (χ4v) is 2.21. The Hall–Kier alpha value is -1.33. The largest absolute Gasteiger partial charge is 0.487 e. The molecule has 0 aliphatic carbocycles. The molecule has 0 radical (unpaired) electrons. The number of rotatable bonds is 7. The number of hydrogen-bond donors (Lipinski definition) is 1. The molecule has 1 heterocycles. The molecule has 0 aliphatic rings. The molecule has 0 unspecified atom stereocenters. The molecule has 2 rings (SSSR count). The van der Waals surface area contributed by atoms with Crippen molar-refractivity contribution < 1.29 is 9.26 Å². The van der Waals surface area contributed by atoms with Gasteiger partial charge in [0, 0.05) is 17.1 Å². The van der Waals surface area contributed by atoms with Gasteiger partial charge in [0.05, 0.1) is 0 Å². The first-order chi connectivity index (χ1) is 9.69. The molecule has 0 saturated carbocycles. The minimum absolute atomic E-state index is 0.417. The van der Waals surface area contributed by atoms with Crippen LogP contribution in [0.4, 0.5) is 0 Å². The topological polar surface area (TPSA) is 47.3 Å². The van der Waals surface area contributed by atoms with E-state index in [1.165, 1.54) is 5.56 Å². The molecule has 0 atom stereocenters. The van der Waals surface area contributed by atoms with Crippen LogP contribution in [0.3, 0.4) is 0 Å². The van der Waals surface area contributed by atoms with E-state index >= 15 is 0 Å². The quantitative estimate of drug-likeness (QED) is 0.779. The van der Waals surface area contributed by atoms with Crippen LogP contribution in [0.1, 0.15) is 30.4 Å². The van der Waals surface area contributed by atoms with Crippen molar-refractivity contribution in [3.63, 3.8) is 0 Å². The minimum Gasteiger partial charge on any atom is -0.487 e. The summed E-state index contributed by atoms with van der Waals surface area (Å²) in [5.41, 5.74) is 1.99. The van der Waals surface area contributed by atoms with Gasteiger partial charge in [-0.1, -0.05) is 28.0 Å². The molecule has 0 fully saturated rings. The zero-order valence-corrected chi connectivity index (χ0v) is 13.4. The standard InChI is InChI=1S/C15H19BrN2O2/c1-3-6-17-9-12-8-14(4-5-15(12)16)19-10-13-7-11(2)20-18-13/h4-5,7-8,17H,3,6,9-10H2,1-2H3. The van der Waals surface area contributed by atoms with Crippen molar-refractivity contribution in [2.75, 3.05) is 6.54 Å². The highest BCUT2D eigenvalue weighted by atomic mass is 79.9. The summed E-state index contributed by atoms with van der Waals surface area (Å²) in [5, 5.41) is 7.29. The summed E-state index contributed by atoms with van der Waals surface area (Å²) in [6.07, 6.45) is 1.12. The van der Waals surface area contributed by atoms with Gasteiger partial charge in [-0.05, 0) is 43.7 Å². The summed E-state index contributed by atoms with van der Waals surface area (Å²) in [4.78, 5) is 0. The Bertz CT molecular complexity index is 555. The van der Waals surface area contributed by atoms with Crippen LogP contribution in [0, 0.1) is 6.92 Å². The van der Waals surface area contributed by atoms with Crippen LogP contribution in [0.5, 0.6) is 5.75 Å². The molecule has 1 aromatic carbocycles. The fraction of sp³-hybridized carbons (Fsp3) is 0.400. The molecule has 0 bridgehead atoms. The molecule has 5 heteroatoms. The average molecular weight is 339 g/mol. The molecule has 1 aromatic heterocycles. The van der Waals surface area contributed by atoms with Crippen LogP contribution < -0.4 is 10.1 Å². The van der Waals surface area contributed by atoms with Crippen LogP contribution in [-0.2, 0) is 13.2 Å². The SMILES string of the molecule is CCCNCc1cc(OCc2cc(C)on2)ccc1Br. The minimum atomic E-state index is 0.417. The normalized spacial score (nSPS) is 10.8. The number of ether oxygens (including phenoxy) is 1. The third kappa shape index (κ3) is 4.35. The number of nitrogens with zero attached hydrogens (tertiary/aromatic N) is 1. The number of benzene rings is 1. The molecule has 0 aliphatic heterocycles. The molecule has 4 nitrogen and oxygen atoms in total. The highest BCUT2D eigenvalue weighted by molar-refractivity contribution is 9.10. The number of hydrogen-bond acceptors (Lipinski definition) is 4. The third-order valence-corrected chi connectivity index (χ3v) is 3.60. The lowest BCUT2D eigenvalue weighted by Crippen LogP contribution is -2.14. The maximum Gasteiger partial charge on any atom is 0.134 e. The Labute approximate surface area is 127 Å². The molecule has 0 spiro atoms. The summed E-state index contributed by atoms with van der Waals surface area (Å²) in [7, 11) is 0. The number of halogens is 1. The van der Waals surface area contributed by atoms with Gasteiger partial charge in [-0.15, -0.1) is 0 Å². The van der Waals surface area contributed by atoms with E-state index in [-0.39, 0.29) is 0 Å². The summed E-state index contributed by atoms with van der Waals surface area (Å²) >= 11 is 3.56. The summed E-state index contributed by atoms with van der Waals surface area (Å²) in [6, 6.07) is 7.87. The average Bonchev–Trinajstić information content (AvgIpc) is 2.85. The maximum atomic E-state index is 5.74. The van der Waals surface area contributed by atoms with Crippen LogP contribution in [-0.4, -0.2) is 11.7 Å². The Morgan fingerprint density at radius 2 is 2.20 bits per heavy atom. The van der Waals surface area contributed by atoms with Crippen molar-refractivity contribution in [1.82, 2.24) is 10.5 Å². The highest BCUT2D eigenvalue weighted by Gasteiger charge is 2.05. The molecule has 1 N–H and O–H groups in total. The van der Waals surface area contributed by atoms with Gasteiger partial charge in [0.15, 0.2) is 0 Å². The van der Waals surface area contributed by atoms with E-state index in [1.807, 2.05) is 31.2 Å². The summed E-state index contributed by atoms with van der Waals surface area (Å²) < 4.78 is 11.8. The van der Waals surface area contributed by atoms with Crippen molar-refractivity contribution in [2.24, 2.45) is 0 Å². The van der Waals surface area contributed by atoms with Crippen molar-refractivity contribution in [3.8, 4) is 5.75 Å². The lowest BCUT2D eigenvalue weighted by molar-refractivity contribution is 0.287. The molecular weight excluding hydrogens is 320 g/mol. The van der Waals surface area contributed by atoms with E-state index < -0.39 is 0 Å². The second kappa shape index (κ2) is 7.45. The lowest BCUT2D eigenvalue weighted by atomic mass is 10.2. The Morgan fingerprint density at radius 1 is 1.35 bits per heavy atom. The van der Waals surface area contributed by atoms with E-state index in [0.29, 0.717) is 6.61 Å². The second-order valence-electron chi connectivity index (χ2n) is 4.65. The zero-order chi connectivity index (χ0) is 14.4. The smallest absolute Gasteiger partial charge is 0.134 e. The van der Waals surface area contributed by atoms with Gasteiger partial charge in [-0.3, -0.25) is 0 Å². The van der Waals surface area contributed by atoms with Crippen LogP contribution >= 0.6 is 15.9 Å². The van der Waals surface area contributed by atoms with Gasteiger partial charge in [0.25, 0.3) is 0 Å². The number of aromatic nitrogens is 1. The van der Waals surface area contributed by atoms with Crippen LogP contribution in [0.25, 0.3) is 0 Å². The molecule has 2 aromatic rings. The van der Waals surface area contributed by atoms with Gasteiger partial charge >= 0.3 is 0 Å².